The van der Waals surface area contributed by atoms with E-state index in [2.05, 4.69) is 8.92 Å². The molecule has 0 aliphatic carbocycles. The number of alkyl halides is 3. The Hall–Kier alpha value is -3.62. The molecule has 15 heteroatoms. The largest absolute Gasteiger partial charge is 0.534 e. The number of pyridine rings is 1. The van der Waals surface area contributed by atoms with Crippen LogP contribution in [0, 0.1) is 23.3 Å². The van der Waals surface area contributed by atoms with E-state index in [0.29, 0.717) is 29.0 Å². The average Bonchev–Trinajstić information content (AvgIpc) is 2.70. The van der Waals surface area contributed by atoms with Crippen molar-refractivity contribution in [1.29, 1.82) is 0 Å². The second kappa shape index (κ2) is 8.06. The molecule has 0 amide bonds. The minimum atomic E-state index is -6.56. The number of hydrogen-bond donors (Lipinski definition) is 0. The van der Waals surface area contributed by atoms with Crippen LogP contribution in [0.5, 0.6) is 5.75 Å². The van der Waals surface area contributed by atoms with Gasteiger partial charge < -0.3 is 13.5 Å². The average molecular weight is 499 g/mol. The number of halogens is 7. The van der Waals surface area contributed by atoms with Crippen molar-refractivity contribution in [2.75, 3.05) is 7.11 Å². The van der Waals surface area contributed by atoms with Gasteiger partial charge in [0.25, 0.3) is 0 Å². The van der Waals surface area contributed by atoms with E-state index in [1.807, 2.05) is 0 Å². The van der Waals surface area contributed by atoms with Gasteiger partial charge in [-0.2, -0.15) is 21.6 Å². The van der Waals surface area contributed by atoms with Crippen LogP contribution in [0.4, 0.5) is 30.7 Å². The molecule has 0 unspecified atom stereocenters. The van der Waals surface area contributed by atoms with E-state index in [0.717, 1.165) is 7.11 Å². The van der Waals surface area contributed by atoms with Crippen molar-refractivity contribution >= 4 is 27.0 Å². The van der Waals surface area contributed by atoms with Gasteiger partial charge in [-0.1, -0.05) is 0 Å². The van der Waals surface area contributed by atoms with E-state index >= 15 is 4.39 Å². The Bertz CT molecular complexity index is 1460. The molecule has 2 aromatic carbocycles. The molecular weight excluding hydrogens is 491 g/mol. The number of hydrogen-bond acceptors (Lipinski definition) is 6. The van der Waals surface area contributed by atoms with Crippen LogP contribution in [0.1, 0.15) is 10.4 Å². The highest BCUT2D eigenvalue weighted by atomic mass is 32.2. The second-order valence-electron chi connectivity index (χ2n) is 6.21. The summed E-state index contributed by atoms with van der Waals surface area (Å²) in [6.07, 6.45) is 0.496. The van der Waals surface area contributed by atoms with Crippen LogP contribution in [-0.4, -0.2) is 31.6 Å². The maximum absolute atomic E-state index is 15.1. The Morgan fingerprint density at radius 3 is 2.21 bits per heavy atom. The van der Waals surface area contributed by atoms with E-state index in [1.165, 1.54) is 0 Å². The van der Waals surface area contributed by atoms with Gasteiger partial charge in [-0.25, -0.2) is 22.4 Å². The van der Waals surface area contributed by atoms with Gasteiger partial charge in [0.2, 0.25) is 11.2 Å². The van der Waals surface area contributed by atoms with Crippen LogP contribution in [0.25, 0.3) is 16.6 Å². The summed E-state index contributed by atoms with van der Waals surface area (Å²) in [7, 11) is -5.71. The number of carbonyl (C=O) groups excluding carboxylic acids is 1. The van der Waals surface area contributed by atoms with Gasteiger partial charge in [0.15, 0.2) is 11.6 Å². The lowest BCUT2D eigenvalue weighted by molar-refractivity contribution is -0.0501. The van der Waals surface area contributed by atoms with Crippen LogP contribution in [-0.2, 0) is 14.9 Å². The standard InChI is InChI=1S/C18H8F7NO6S/c1-31-17(28)9-6-26(12-3-2-7(19)4-10(12)20)14-8(15(9)27)5-11(21)16(13(14)22)32-33(29,30)18(23,24)25/h2-6H,1H3. The number of aromatic nitrogens is 1. The molecule has 0 N–H and O–H groups in total. The summed E-state index contributed by atoms with van der Waals surface area (Å²) in [6.45, 7) is 0. The van der Waals surface area contributed by atoms with E-state index in [1.54, 1.807) is 0 Å². The predicted octanol–water partition coefficient (Wildman–Crippen LogP) is 3.56. The Balaban J connectivity index is 2.49. The Morgan fingerprint density at radius 2 is 1.67 bits per heavy atom. The van der Waals surface area contributed by atoms with Crippen molar-refractivity contribution in [2.45, 2.75) is 5.51 Å². The molecule has 3 rings (SSSR count). The Labute approximate surface area is 178 Å². The molecule has 3 aromatic rings. The van der Waals surface area contributed by atoms with Crippen LogP contribution in [0.15, 0.2) is 35.3 Å². The van der Waals surface area contributed by atoms with E-state index < -0.39 is 78.2 Å². The molecule has 0 saturated heterocycles. The third-order valence-electron chi connectivity index (χ3n) is 4.19. The van der Waals surface area contributed by atoms with Crippen LogP contribution in [0.3, 0.4) is 0 Å². The molecule has 0 saturated carbocycles. The summed E-state index contributed by atoms with van der Waals surface area (Å²) in [6, 6.07) is 1.77. The van der Waals surface area contributed by atoms with Gasteiger partial charge in [-0.3, -0.25) is 4.79 Å². The number of fused-ring (bicyclic) bond motifs is 1. The minimum absolute atomic E-state index is 0.0896. The smallest absolute Gasteiger partial charge is 0.465 e. The Morgan fingerprint density at radius 1 is 1.03 bits per heavy atom. The molecule has 7 nitrogen and oxygen atoms in total. The maximum Gasteiger partial charge on any atom is 0.534 e. The molecule has 0 aliphatic rings. The molecule has 1 heterocycles. The van der Waals surface area contributed by atoms with Crippen LogP contribution < -0.4 is 9.61 Å². The predicted molar refractivity (Wildman–Crippen MR) is 96.3 cm³/mol. The van der Waals surface area contributed by atoms with Gasteiger partial charge in [0.05, 0.1) is 23.7 Å². The number of benzene rings is 2. The summed E-state index contributed by atoms with van der Waals surface area (Å²) in [5.74, 6) is -10.1. The maximum atomic E-state index is 15.1. The fraction of sp³-hybridized carbons (Fsp3) is 0.111. The fourth-order valence-electron chi connectivity index (χ4n) is 2.75. The number of methoxy groups -OCH3 is 1. The SMILES string of the molecule is COC(=O)c1cn(-c2ccc(F)cc2F)c2c(F)c(OS(=O)(=O)C(F)(F)F)c(F)cc2c1=O. The topological polar surface area (TPSA) is 91.7 Å². The first-order chi connectivity index (χ1) is 15.2. The van der Waals surface area contributed by atoms with E-state index in [9.17, 15) is 44.3 Å². The van der Waals surface area contributed by atoms with Crippen molar-refractivity contribution in [3.63, 3.8) is 0 Å². The number of ether oxygens (including phenoxy) is 1. The number of carbonyl (C=O) groups is 1. The third-order valence-corrected chi connectivity index (χ3v) is 5.14. The highest BCUT2D eigenvalue weighted by molar-refractivity contribution is 7.88. The lowest BCUT2D eigenvalue weighted by Gasteiger charge is -2.17. The van der Waals surface area contributed by atoms with Crippen molar-refractivity contribution in [2.24, 2.45) is 0 Å². The summed E-state index contributed by atoms with van der Waals surface area (Å²) in [4.78, 5) is 24.5. The molecule has 0 radical (unpaired) electrons. The van der Waals surface area contributed by atoms with Gasteiger partial charge >= 0.3 is 21.6 Å². The van der Waals surface area contributed by atoms with Crippen molar-refractivity contribution in [3.05, 3.63) is 69.5 Å². The second-order valence-corrected chi connectivity index (χ2v) is 7.75. The number of esters is 1. The first-order valence-corrected chi connectivity index (χ1v) is 9.72. The van der Waals surface area contributed by atoms with Crippen LogP contribution >= 0.6 is 0 Å². The molecule has 176 valence electrons. The van der Waals surface area contributed by atoms with E-state index in [-0.39, 0.29) is 6.07 Å². The first kappa shape index (κ1) is 24.0. The van der Waals surface area contributed by atoms with Crippen molar-refractivity contribution < 1.29 is 52.9 Å². The first-order valence-electron chi connectivity index (χ1n) is 8.31. The van der Waals surface area contributed by atoms with Crippen molar-refractivity contribution in [3.8, 4) is 11.4 Å². The number of rotatable bonds is 4. The Kier molecular flexibility index (Phi) is 5.87. The molecule has 0 fully saturated rings. The molecular formula is C18H8F7NO6S. The zero-order valence-corrected chi connectivity index (χ0v) is 16.7. The molecule has 0 bridgehead atoms. The van der Waals surface area contributed by atoms with Crippen LogP contribution in [0.2, 0.25) is 0 Å². The fourth-order valence-corrected chi connectivity index (χ4v) is 3.22. The van der Waals surface area contributed by atoms with Gasteiger partial charge in [-0.15, -0.1) is 0 Å². The zero-order chi connectivity index (χ0) is 24.9. The summed E-state index contributed by atoms with van der Waals surface area (Å²) < 4.78 is 126. The normalized spacial score (nSPS) is 12.1. The van der Waals surface area contributed by atoms with Crippen molar-refractivity contribution in [1.82, 2.24) is 4.57 Å². The van der Waals surface area contributed by atoms with Gasteiger partial charge in [0.1, 0.15) is 17.2 Å². The summed E-state index contributed by atoms with van der Waals surface area (Å²) >= 11 is 0. The molecule has 0 aliphatic heterocycles. The lowest BCUT2D eigenvalue weighted by atomic mass is 10.1. The van der Waals surface area contributed by atoms with E-state index in [4.69, 9.17) is 0 Å². The lowest BCUT2D eigenvalue weighted by Crippen LogP contribution is -2.29. The highest BCUT2D eigenvalue weighted by Crippen LogP contribution is 2.35. The van der Waals surface area contributed by atoms with Gasteiger partial charge in [-0.05, 0) is 18.2 Å². The number of nitrogens with zero attached hydrogens (tertiary/aromatic N) is 1. The third kappa shape index (κ3) is 4.10. The summed E-state index contributed by atoms with van der Waals surface area (Å²) in [5.41, 5.74) is -10.3. The minimum Gasteiger partial charge on any atom is -0.465 e. The molecule has 0 spiro atoms. The molecule has 0 atom stereocenters. The quantitative estimate of drug-likeness (QED) is 0.236. The molecule has 1 aromatic heterocycles. The molecule has 33 heavy (non-hydrogen) atoms. The zero-order valence-electron chi connectivity index (χ0n) is 15.8. The summed E-state index contributed by atoms with van der Waals surface area (Å²) in [5, 5.41) is -1.02. The van der Waals surface area contributed by atoms with Gasteiger partial charge in [0, 0.05) is 12.3 Å². The highest BCUT2D eigenvalue weighted by Gasteiger charge is 2.49. The monoisotopic (exact) mass is 499 g/mol.